The summed E-state index contributed by atoms with van der Waals surface area (Å²) in [6.07, 6.45) is 1.43. The van der Waals surface area contributed by atoms with Crippen LogP contribution in [0.3, 0.4) is 0 Å². The van der Waals surface area contributed by atoms with Gasteiger partial charge in [0, 0.05) is 13.1 Å². The maximum absolute atomic E-state index is 12.1. The van der Waals surface area contributed by atoms with Crippen molar-refractivity contribution in [3.05, 3.63) is 11.1 Å². The Morgan fingerprint density at radius 2 is 1.95 bits per heavy atom. The van der Waals surface area contributed by atoms with Gasteiger partial charge in [-0.1, -0.05) is 0 Å². The normalized spacial score (nSPS) is 18.0. The van der Waals surface area contributed by atoms with Crippen molar-refractivity contribution < 1.29 is 19.1 Å². The van der Waals surface area contributed by atoms with E-state index in [1.807, 2.05) is 26.8 Å². The molecule has 1 saturated heterocycles. The number of carbonyl (C=O) groups is 2. The molecule has 0 N–H and O–H groups in total. The smallest absolute Gasteiger partial charge is 0.410 e. The summed E-state index contributed by atoms with van der Waals surface area (Å²) in [5.41, 5.74) is 0.296. The highest BCUT2D eigenvalue weighted by Crippen LogP contribution is 2.22. The second-order valence-corrected chi connectivity index (χ2v) is 6.13. The molecule has 1 fully saturated rings. The van der Waals surface area contributed by atoms with Crippen molar-refractivity contribution in [2.24, 2.45) is 0 Å². The monoisotopic (exact) mass is 308 g/mol. The Labute approximate surface area is 131 Å². The van der Waals surface area contributed by atoms with E-state index in [0.29, 0.717) is 32.4 Å². The molecule has 6 heteroatoms. The summed E-state index contributed by atoms with van der Waals surface area (Å²) in [5, 5.41) is 9.18. The van der Waals surface area contributed by atoms with Crippen LogP contribution in [0.2, 0.25) is 0 Å². The van der Waals surface area contributed by atoms with E-state index in [2.05, 4.69) is 0 Å². The number of amides is 1. The fourth-order valence-corrected chi connectivity index (χ4v) is 2.22. The van der Waals surface area contributed by atoms with Crippen LogP contribution >= 0.6 is 0 Å². The van der Waals surface area contributed by atoms with E-state index in [-0.39, 0.29) is 18.3 Å². The summed E-state index contributed by atoms with van der Waals surface area (Å²) < 4.78 is 10.3. The number of nitrogens with zero attached hydrogens (tertiary/aromatic N) is 2. The molecule has 1 aliphatic rings. The van der Waals surface area contributed by atoms with E-state index in [1.165, 1.54) is 0 Å². The van der Waals surface area contributed by atoms with Gasteiger partial charge in [-0.25, -0.2) is 9.59 Å². The summed E-state index contributed by atoms with van der Waals surface area (Å²) in [6.45, 7) is 8.40. The van der Waals surface area contributed by atoms with Gasteiger partial charge in [-0.15, -0.1) is 0 Å². The van der Waals surface area contributed by atoms with E-state index in [4.69, 9.17) is 9.47 Å². The summed E-state index contributed by atoms with van der Waals surface area (Å²) >= 11 is 0. The van der Waals surface area contributed by atoms with Gasteiger partial charge in [0.15, 0.2) is 0 Å². The molecule has 0 atom stereocenters. The molecule has 0 aromatic rings. The summed E-state index contributed by atoms with van der Waals surface area (Å²) in [7, 11) is 0. The highest BCUT2D eigenvalue weighted by molar-refractivity contribution is 5.93. The van der Waals surface area contributed by atoms with Gasteiger partial charge in [0.25, 0.3) is 0 Å². The molecule has 0 radical (unpaired) electrons. The molecule has 1 rings (SSSR count). The topological polar surface area (TPSA) is 79.6 Å². The third-order valence-corrected chi connectivity index (χ3v) is 3.19. The van der Waals surface area contributed by atoms with Crippen molar-refractivity contribution in [3.63, 3.8) is 0 Å². The van der Waals surface area contributed by atoms with Gasteiger partial charge < -0.3 is 14.4 Å². The standard InChI is InChI=1S/C16H24N2O4/c1-5-21-14(19)13(11-17)12-7-6-9-18(10-8-12)15(20)22-16(2,3)4/h5-10H2,1-4H3/b13-12-. The SMILES string of the molecule is CCOC(=O)/C(C#N)=C1/CCCN(C(=O)OC(C)(C)C)CC1. The van der Waals surface area contributed by atoms with Crippen LogP contribution in [0.4, 0.5) is 4.79 Å². The molecule has 1 aliphatic heterocycles. The van der Waals surface area contributed by atoms with Gasteiger partial charge in [-0.2, -0.15) is 5.26 Å². The number of carbonyl (C=O) groups excluding carboxylic acids is 2. The van der Waals surface area contributed by atoms with Crippen molar-refractivity contribution in [1.29, 1.82) is 5.26 Å². The third-order valence-electron chi connectivity index (χ3n) is 3.19. The molecule has 22 heavy (non-hydrogen) atoms. The van der Waals surface area contributed by atoms with Gasteiger partial charge in [0.1, 0.15) is 17.2 Å². The lowest BCUT2D eigenvalue weighted by atomic mass is 10.0. The highest BCUT2D eigenvalue weighted by Gasteiger charge is 2.25. The lowest BCUT2D eigenvalue weighted by Crippen LogP contribution is -2.37. The lowest BCUT2D eigenvalue weighted by Gasteiger charge is -2.26. The van der Waals surface area contributed by atoms with E-state index in [1.54, 1.807) is 11.8 Å². The Morgan fingerprint density at radius 1 is 1.27 bits per heavy atom. The fourth-order valence-electron chi connectivity index (χ4n) is 2.22. The summed E-state index contributed by atoms with van der Waals surface area (Å²) in [5.74, 6) is -0.578. The third kappa shape index (κ3) is 5.40. The van der Waals surface area contributed by atoms with E-state index < -0.39 is 11.6 Å². The first-order chi connectivity index (χ1) is 10.3. The van der Waals surface area contributed by atoms with Crippen molar-refractivity contribution in [1.82, 2.24) is 4.90 Å². The number of likely N-dealkylation sites (tertiary alicyclic amines) is 1. The first-order valence-corrected chi connectivity index (χ1v) is 7.55. The predicted octanol–water partition coefficient (Wildman–Crippen LogP) is 2.79. The Balaban J connectivity index is 2.79. The molecule has 0 aliphatic carbocycles. The molecule has 1 amide bonds. The average Bonchev–Trinajstić information content (AvgIpc) is 2.64. The van der Waals surface area contributed by atoms with Crippen LogP contribution in [0.5, 0.6) is 0 Å². The van der Waals surface area contributed by atoms with E-state index >= 15 is 0 Å². The average molecular weight is 308 g/mol. The number of rotatable bonds is 2. The maximum atomic E-state index is 12.1. The molecule has 0 aromatic heterocycles. The lowest BCUT2D eigenvalue weighted by molar-refractivity contribution is -0.138. The molecule has 0 aromatic carbocycles. The fraction of sp³-hybridized carbons (Fsp3) is 0.688. The number of nitriles is 1. The Bertz CT molecular complexity index is 497. The van der Waals surface area contributed by atoms with Crippen LogP contribution < -0.4 is 0 Å². The van der Waals surface area contributed by atoms with Crippen molar-refractivity contribution in [2.45, 2.75) is 52.6 Å². The molecule has 1 heterocycles. The van der Waals surface area contributed by atoms with E-state index in [9.17, 15) is 14.9 Å². The van der Waals surface area contributed by atoms with Crippen molar-refractivity contribution in [2.75, 3.05) is 19.7 Å². The minimum absolute atomic E-state index is 0.0767. The molecule has 0 spiro atoms. The number of hydrogen-bond donors (Lipinski definition) is 0. The van der Waals surface area contributed by atoms with Crippen molar-refractivity contribution >= 4 is 12.1 Å². The Morgan fingerprint density at radius 3 is 2.50 bits per heavy atom. The quantitative estimate of drug-likeness (QED) is 0.445. The van der Waals surface area contributed by atoms with Crippen LogP contribution in [-0.4, -0.2) is 42.3 Å². The first-order valence-electron chi connectivity index (χ1n) is 7.55. The first kappa shape index (κ1) is 18.0. The zero-order valence-electron chi connectivity index (χ0n) is 13.8. The predicted molar refractivity (Wildman–Crippen MR) is 80.9 cm³/mol. The van der Waals surface area contributed by atoms with Crippen LogP contribution in [0.1, 0.15) is 47.0 Å². The Kier molecular flexibility index (Phi) is 6.41. The molecule has 6 nitrogen and oxygen atoms in total. The van der Waals surface area contributed by atoms with Crippen LogP contribution in [0, 0.1) is 11.3 Å². The minimum atomic E-state index is -0.578. The van der Waals surface area contributed by atoms with Gasteiger partial charge >= 0.3 is 12.1 Å². The maximum Gasteiger partial charge on any atom is 0.410 e. The second-order valence-electron chi connectivity index (χ2n) is 6.13. The summed E-state index contributed by atoms with van der Waals surface area (Å²) in [6, 6.07) is 1.94. The van der Waals surface area contributed by atoms with Crippen molar-refractivity contribution in [3.8, 4) is 6.07 Å². The van der Waals surface area contributed by atoms with Gasteiger partial charge in [-0.05, 0) is 52.5 Å². The van der Waals surface area contributed by atoms with Crippen LogP contribution in [0.25, 0.3) is 0 Å². The summed E-state index contributed by atoms with van der Waals surface area (Å²) in [4.78, 5) is 25.5. The van der Waals surface area contributed by atoms with Crippen LogP contribution in [-0.2, 0) is 14.3 Å². The molecule has 0 bridgehead atoms. The van der Waals surface area contributed by atoms with Gasteiger partial charge in [0.2, 0.25) is 0 Å². The minimum Gasteiger partial charge on any atom is -0.462 e. The van der Waals surface area contributed by atoms with Crippen LogP contribution in [0.15, 0.2) is 11.1 Å². The molecular formula is C16H24N2O4. The largest absolute Gasteiger partial charge is 0.462 e. The number of esters is 1. The molecule has 122 valence electrons. The van der Waals surface area contributed by atoms with Gasteiger partial charge in [0.05, 0.1) is 6.61 Å². The van der Waals surface area contributed by atoms with E-state index in [0.717, 1.165) is 5.57 Å². The number of hydrogen-bond acceptors (Lipinski definition) is 5. The highest BCUT2D eigenvalue weighted by atomic mass is 16.6. The zero-order valence-corrected chi connectivity index (χ0v) is 13.8. The Hall–Kier alpha value is -2.03. The molecule has 0 unspecified atom stereocenters. The molecule has 0 saturated carbocycles. The zero-order chi connectivity index (χ0) is 16.8. The second kappa shape index (κ2) is 7.83. The van der Waals surface area contributed by atoms with Gasteiger partial charge in [-0.3, -0.25) is 0 Å². The number of ether oxygens (including phenoxy) is 2. The molecular weight excluding hydrogens is 284 g/mol.